The molecule has 1 aromatic carbocycles. The normalized spacial score (nSPS) is 21.5. The van der Waals surface area contributed by atoms with Crippen molar-refractivity contribution in [3.8, 4) is 11.8 Å². The molecule has 0 saturated heterocycles. The van der Waals surface area contributed by atoms with Gasteiger partial charge in [-0.1, -0.05) is 32.9 Å². The summed E-state index contributed by atoms with van der Waals surface area (Å²) in [5.41, 5.74) is 0.168. The molecule has 1 heterocycles. The van der Waals surface area contributed by atoms with Gasteiger partial charge >= 0.3 is 0 Å². The fourth-order valence-corrected chi connectivity index (χ4v) is 3.32. The highest BCUT2D eigenvalue weighted by Gasteiger charge is 2.49. The standard InChI is InChI=1S/C17H21NO2/c1-4-17(5-2)15(12(3)10-11-18)16(19)13-8-6-7-9-14(13)20-17/h6-9,12,15H,4-5,10H2,1-3H3. The second-order valence-electron chi connectivity index (χ2n) is 5.55. The predicted octanol–water partition coefficient (Wildman–Crippen LogP) is 3.99. The number of carbonyl (C=O) groups excluding carboxylic acids is 1. The molecule has 0 saturated carbocycles. The lowest BCUT2D eigenvalue weighted by Gasteiger charge is -2.45. The molecule has 3 heteroatoms. The molecule has 0 bridgehead atoms. The van der Waals surface area contributed by atoms with Crippen LogP contribution in [-0.2, 0) is 0 Å². The molecule has 0 fully saturated rings. The van der Waals surface area contributed by atoms with E-state index in [0.29, 0.717) is 17.7 Å². The number of Topliss-reactive ketones (excluding diaryl/α,β-unsaturated/α-hetero) is 1. The molecular weight excluding hydrogens is 250 g/mol. The maximum atomic E-state index is 12.9. The minimum Gasteiger partial charge on any atom is -0.486 e. The molecule has 20 heavy (non-hydrogen) atoms. The van der Waals surface area contributed by atoms with Gasteiger partial charge in [0.15, 0.2) is 5.78 Å². The molecule has 3 nitrogen and oxygen atoms in total. The van der Waals surface area contributed by atoms with Gasteiger partial charge in [-0.05, 0) is 30.9 Å². The van der Waals surface area contributed by atoms with Gasteiger partial charge in [0.05, 0.1) is 17.6 Å². The summed E-state index contributed by atoms with van der Waals surface area (Å²) in [4.78, 5) is 12.9. The van der Waals surface area contributed by atoms with Crippen LogP contribution in [0.2, 0.25) is 0 Å². The van der Waals surface area contributed by atoms with Crippen LogP contribution in [-0.4, -0.2) is 11.4 Å². The molecule has 1 aliphatic rings. The Hall–Kier alpha value is -1.82. The van der Waals surface area contributed by atoms with E-state index >= 15 is 0 Å². The fraction of sp³-hybridized carbons (Fsp3) is 0.529. The smallest absolute Gasteiger partial charge is 0.173 e. The van der Waals surface area contributed by atoms with Crippen LogP contribution in [0.15, 0.2) is 24.3 Å². The third kappa shape index (κ3) is 2.20. The van der Waals surface area contributed by atoms with Crippen LogP contribution in [0, 0.1) is 23.2 Å². The van der Waals surface area contributed by atoms with Crippen LogP contribution in [0.1, 0.15) is 50.4 Å². The summed E-state index contributed by atoms with van der Waals surface area (Å²) in [6.07, 6.45) is 1.91. The van der Waals surface area contributed by atoms with Crippen LogP contribution in [0.3, 0.4) is 0 Å². The number of ketones is 1. The van der Waals surface area contributed by atoms with E-state index in [9.17, 15) is 4.79 Å². The number of nitriles is 1. The fourth-order valence-electron chi connectivity index (χ4n) is 3.32. The summed E-state index contributed by atoms with van der Waals surface area (Å²) in [6.45, 7) is 6.08. The highest BCUT2D eigenvalue weighted by Crippen LogP contribution is 2.44. The van der Waals surface area contributed by atoms with Crippen molar-refractivity contribution in [1.29, 1.82) is 5.26 Å². The summed E-state index contributed by atoms with van der Waals surface area (Å²) < 4.78 is 6.24. The van der Waals surface area contributed by atoms with Gasteiger partial charge in [-0.3, -0.25) is 4.79 Å². The van der Waals surface area contributed by atoms with Crippen molar-refractivity contribution in [2.75, 3.05) is 0 Å². The van der Waals surface area contributed by atoms with Gasteiger partial charge in [-0.2, -0.15) is 5.26 Å². The van der Waals surface area contributed by atoms with Gasteiger partial charge in [0.2, 0.25) is 0 Å². The monoisotopic (exact) mass is 271 g/mol. The molecule has 0 aliphatic carbocycles. The summed E-state index contributed by atoms with van der Waals surface area (Å²) in [7, 11) is 0. The SMILES string of the molecule is CCC1(CC)Oc2ccccc2C(=O)C1C(C)CC#N. The summed E-state index contributed by atoms with van der Waals surface area (Å²) in [5, 5.41) is 8.96. The molecule has 0 amide bonds. The highest BCUT2D eigenvalue weighted by atomic mass is 16.5. The topological polar surface area (TPSA) is 50.1 Å². The van der Waals surface area contributed by atoms with Gasteiger partial charge in [0, 0.05) is 6.42 Å². The zero-order chi connectivity index (χ0) is 14.8. The van der Waals surface area contributed by atoms with Crippen molar-refractivity contribution in [3.63, 3.8) is 0 Å². The van der Waals surface area contributed by atoms with E-state index in [-0.39, 0.29) is 17.6 Å². The van der Waals surface area contributed by atoms with E-state index in [1.807, 2.05) is 31.2 Å². The second kappa shape index (κ2) is 5.66. The molecule has 2 unspecified atom stereocenters. The number of ether oxygens (including phenoxy) is 1. The molecule has 2 atom stereocenters. The van der Waals surface area contributed by atoms with Crippen molar-refractivity contribution < 1.29 is 9.53 Å². The number of hydrogen-bond acceptors (Lipinski definition) is 3. The Bertz CT molecular complexity index is 540. The lowest BCUT2D eigenvalue weighted by atomic mass is 9.69. The number of benzene rings is 1. The van der Waals surface area contributed by atoms with Crippen LogP contribution in [0.25, 0.3) is 0 Å². The van der Waals surface area contributed by atoms with Crippen LogP contribution >= 0.6 is 0 Å². The highest BCUT2D eigenvalue weighted by molar-refractivity contribution is 6.02. The average Bonchev–Trinajstić information content (AvgIpc) is 2.47. The van der Waals surface area contributed by atoms with Gasteiger partial charge in [-0.15, -0.1) is 0 Å². The summed E-state index contributed by atoms with van der Waals surface area (Å²) in [6, 6.07) is 9.61. The Morgan fingerprint density at radius 1 is 1.35 bits per heavy atom. The molecule has 2 rings (SSSR count). The minimum absolute atomic E-state index is 0.000700. The first kappa shape index (κ1) is 14.6. The van der Waals surface area contributed by atoms with Crippen molar-refractivity contribution >= 4 is 5.78 Å². The second-order valence-corrected chi connectivity index (χ2v) is 5.55. The Labute approximate surface area is 120 Å². The van der Waals surface area contributed by atoms with E-state index in [2.05, 4.69) is 19.9 Å². The lowest BCUT2D eigenvalue weighted by Crippen LogP contribution is -2.52. The number of para-hydroxylation sites is 1. The molecular formula is C17H21NO2. The first-order valence-corrected chi connectivity index (χ1v) is 7.28. The van der Waals surface area contributed by atoms with Crippen LogP contribution in [0.5, 0.6) is 5.75 Å². The van der Waals surface area contributed by atoms with Gasteiger partial charge in [0.25, 0.3) is 0 Å². The third-order valence-corrected chi connectivity index (χ3v) is 4.49. The molecule has 106 valence electrons. The van der Waals surface area contributed by atoms with Crippen molar-refractivity contribution in [3.05, 3.63) is 29.8 Å². The zero-order valence-electron chi connectivity index (χ0n) is 12.3. The minimum atomic E-state index is -0.484. The number of hydrogen-bond donors (Lipinski definition) is 0. The molecule has 1 aromatic rings. The van der Waals surface area contributed by atoms with Crippen molar-refractivity contribution in [1.82, 2.24) is 0 Å². The van der Waals surface area contributed by atoms with E-state index in [1.54, 1.807) is 0 Å². The number of carbonyl (C=O) groups is 1. The number of fused-ring (bicyclic) bond motifs is 1. The molecule has 0 radical (unpaired) electrons. The quantitative estimate of drug-likeness (QED) is 0.832. The zero-order valence-corrected chi connectivity index (χ0v) is 12.3. The molecule has 0 spiro atoms. The predicted molar refractivity (Wildman–Crippen MR) is 77.6 cm³/mol. The summed E-state index contributed by atoms with van der Waals surface area (Å²) in [5.74, 6) is 0.563. The first-order valence-electron chi connectivity index (χ1n) is 7.28. The lowest BCUT2D eigenvalue weighted by molar-refractivity contribution is -0.0221. The first-order chi connectivity index (χ1) is 9.59. The van der Waals surface area contributed by atoms with E-state index in [4.69, 9.17) is 10.00 Å². The average molecular weight is 271 g/mol. The summed E-state index contributed by atoms with van der Waals surface area (Å²) >= 11 is 0. The Morgan fingerprint density at radius 2 is 2.00 bits per heavy atom. The van der Waals surface area contributed by atoms with Crippen molar-refractivity contribution in [2.24, 2.45) is 11.8 Å². The van der Waals surface area contributed by atoms with Crippen LogP contribution in [0.4, 0.5) is 0 Å². The molecule has 1 aliphatic heterocycles. The Balaban J connectivity index is 2.52. The maximum Gasteiger partial charge on any atom is 0.173 e. The van der Waals surface area contributed by atoms with Gasteiger partial charge in [0.1, 0.15) is 11.4 Å². The van der Waals surface area contributed by atoms with E-state index in [0.717, 1.165) is 12.8 Å². The molecule has 0 N–H and O–H groups in total. The number of nitrogens with zero attached hydrogens (tertiary/aromatic N) is 1. The largest absolute Gasteiger partial charge is 0.486 e. The number of rotatable bonds is 4. The maximum absolute atomic E-state index is 12.9. The van der Waals surface area contributed by atoms with Gasteiger partial charge < -0.3 is 4.74 Å². The third-order valence-electron chi connectivity index (χ3n) is 4.49. The molecule has 0 aromatic heterocycles. The van der Waals surface area contributed by atoms with E-state index in [1.165, 1.54) is 0 Å². The Morgan fingerprint density at radius 3 is 2.60 bits per heavy atom. The van der Waals surface area contributed by atoms with Crippen molar-refractivity contribution in [2.45, 2.75) is 45.6 Å². The van der Waals surface area contributed by atoms with E-state index < -0.39 is 5.60 Å². The van der Waals surface area contributed by atoms with Gasteiger partial charge in [-0.25, -0.2) is 0 Å². The van der Waals surface area contributed by atoms with Crippen LogP contribution < -0.4 is 4.74 Å². The Kier molecular flexibility index (Phi) is 4.13.